The number of aryl methyl sites for hydroxylation is 1. The maximum Gasteiger partial charge on any atom is 0.416 e. The van der Waals surface area contributed by atoms with Gasteiger partial charge in [0.2, 0.25) is 10.0 Å². The summed E-state index contributed by atoms with van der Waals surface area (Å²) in [5, 5.41) is 9.09. The molecule has 1 N–H and O–H groups in total. The van der Waals surface area contributed by atoms with Crippen LogP contribution in [-0.2, 0) is 34.0 Å². The van der Waals surface area contributed by atoms with Gasteiger partial charge in [0, 0.05) is 37.1 Å². The lowest BCUT2D eigenvalue weighted by Gasteiger charge is -2.24. The first-order valence-electron chi connectivity index (χ1n) is 13.4. The summed E-state index contributed by atoms with van der Waals surface area (Å²) in [7, 11) is -2.24. The molecule has 226 valence electrons. The molecule has 43 heavy (non-hydrogen) atoms. The van der Waals surface area contributed by atoms with Gasteiger partial charge in [-0.2, -0.15) is 17.5 Å². The van der Waals surface area contributed by atoms with Crippen molar-refractivity contribution < 1.29 is 36.2 Å². The van der Waals surface area contributed by atoms with Crippen molar-refractivity contribution in [3.05, 3.63) is 113 Å². The Balaban J connectivity index is 1.64. The van der Waals surface area contributed by atoms with E-state index in [2.05, 4.69) is 0 Å². The van der Waals surface area contributed by atoms with Gasteiger partial charge in [-0.1, -0.05) is 31.2 Å². The number of anilines is 2. The smallest absolute Gasteiger partial charge is 0.416 e. The molecule has 0 aliphatic heterocycles. The second kappa shape index (κ2) is 12.9. The Labute approximate surface area is 248 Å². The van der Waals surface area contributed by atoms with Crippen molar-refractivity contribution in [2.75, 3.05) is 18.5 Å². The van der Waals surface area contributed by atoms with Crippen LogP contribution in [0.1, 0.15) is 29.2 Å². The number of hydrogen-bond acceptors (Lipinski definition) is 5. The normalized spacial score (nSPS) is 11.9. The lowest BCUT2D eigenvalue weighted by molar-refractivity contribution is -0.138. The first-order valence-corrected chi connectivity index (χ1v) is 14.8. The highest BCUT2D eigenvalue weighted by molar-refractivity contribution is 7.89. The van der Waals surface area contributed by atoms with E-state index in [0.717, 1.165) is 39.4 Å². The number of hydrogen-bond donors (Lipinski definition) is 1. The van der Waals surface area contributed by atoms with Gasteiger partial charge in [0.15, 0.2) is 0 Å². The van der Waals surface area contributed by atoms with Gasteiger partial charge in [-0.25, -0.2) is 8.42 Å². The van der Waals surface area contributed by atoms with Gasteiger partial charge in [0.25, 0.3) is 0 Å². The molecule has 0 bridgehead atoms. The van der Waals surface area contributed by atoms with Crippen LogP contribution in [0, 0.1) is 6.92 Å². The highest BCUT2D eigenvalue weighted by Crippen LogP contribution is 2.36. The SMILES string of the molecule is CCN(Cc1cc(C(F)(F)F)ccc1Oc1cccc(CC(=O)O)c1)S(=O)(=O)c1ccc(N(C)c2cccc(C)c2)cc1. The number of halogens is 3. The summed E-state index contributed by atoms with van der Waals surface area (Å²) in [6.45, 7) is 3.17. The number of sulfonamides is 1. The van der Waals surface area contributed by atoms with Crippen LogP contribution < -0.4 is 9.64 Å². The molecule has 11 heteroatoms. The molecule has 0 saturated carbocycles. The van der Waals surface area contributed by atoms with Crippen molar-refractivity contribution in [3.8, 4) is 11.5 Å². The van der Waals surface area contributed by atoms with E-state index in [1.54, 1.807) is 31.2 Å². The van der Waals surface area contributed by atoms with Gasteiger partial charge in [-0.05, 0) is 84.8 Å². The molecule has 0 atom stereocenters. The third-order valence-electron chi connectivity index (χ3n) is 6.82. The van der Waals surface area contributed by atoms with Crippen LogP contribution in [-0.4, -0.2) is 37.4 Å². The van der Waals surface area contributed by atoms with Gasteiger partial charge in [-0.15, -0.1) is 0 Å². The molecule has 0 fully saturated rings. The lowest BCUT2D eigenvalue weighted by atomic mass is 10.1. The zero-order valence-corrected chi connectivity index (χ0v) is 24.6. The van der Waals surface area contributed by atoms with Gasteiger partial charge in [-0.3, -0.25) is 4.79 Å². The van der Waals surface area contributed by atoms with E-state index in [1.165, 1.54) is 24.3 Å². The van der Waals surface area contributed by atoms with Crippen LogP contribution in [0.3, 0.4) is 0 Å². The van der Waals surface area contributed by atoms with Gasteiger partial charge < -0.3 is 14.7 Å². The summed E-state index contributed by atoms with van der Waals surface area (Å²) in [6, 6.07) is 23.2. The van der Waals surface area contributed by atoms with Crippen molar-refractivity contribution >= 4 is 27.4 Å². The standard InChI is InChI=1S/C32H31F3N2O5S/c1-4-37(43(40,41)29-14-12-26(13-15-29)36(3)27-9-5-7-22(2)17-27)21-24-20-25(32(33,34)35)11-16-30(24)42-28-10-6-8-23(18-28)19-31(38)39/h5-18,20H,4,19,21H2,1-3H3,(H,38,39). The van der Waals surface area contributed by atoms with Crippen molar-refractivity contribution in [1.82, 2.24) is 4.31 Å². The quantitative estimate of drug-likeness (QED) is 0.190. The van der Waals surface area contributed by atoms with Crippen LogP contribution in [0.25, 0.3) is 0 Å². The number of carboxylic acids is 1. The molecule has 4 aromatic carbocycles. The summed E-state index contributed by atoms with van der Waals surface area (Å²) in [5.74, 6) is -0.825. The second-order valence-electron chi connectivity index (χ2n) is 9.96. The first kappa shape index (κ1) is 31.6. The largest absolute Gasteiger partial charge is 0.481 e. The number of carbonyl (C=O) groups is 1. The Morgan fingerprint density at radius 3 is 2.23 bits per heavy atom. The molecule has 7 nitrogen and oxygen atoms in total. The van der Waals surface area contributed by atoms with Crippen LogP contribution >= 0.6 is 0 Å². The summed E-state index contributed by atoms with van der Waals surface area (Å²) in [6.07, 6.45) is -4.93. The predicted octanol–water partition coefficient (Wildman–Crippen LogP) is 7.41. The summed E-state index contributed by atoms with van der Waals surface area (Å²) in [5.41, 5.74) is 2.24. The topological polar surface area (TPSA) is 87.1 Å². The molecule has 0 aromatic heterocycles. The van der Waals surface area contributed by atoms with Crippen LogP contribution in [0.15, 0.2) is 95.9 Å². The predicted molar refractivity (Wildman–Crippen MR) is 158 cm³/mol. The van der Waals surface area contributed by atoms with E-state index in [-0.39, 0.29) is 34.9 Å². The minimum absolute atomic E-state index is 0.000288. The highest BCUT2D eigenvalue weighted by Gasteiger charge is 2.32. The molecule has 0 aliphatic rings. The molecule has 0 spiro atoms. The number of benzene rings is 4. The van der Waals surface area contributed by atoms with Crippen LogP contribution in [0.4, 0.5) is 24.5 Å². The maximum atomic E-state index is 13.7. The average molecular weight is 613 g/mol. The van der Waals surface area contributed by atoms with Gasteiger partial charge >= 0.3 is 12.1 Å². The van der Waals surface area contributed by atoms with Gasteiger partial charge in [0.1, 0.15) is 11.5 Å². The number of ether oxygens (including phenoxy) is 1. The van der Waals surface area contributed by atoms with Crippen molar-refractivity contribution in [1.29, 1.82) is 0 Å². The summed E-state index contributed by atoms with van der Waals surface area (Å²) in [4.78, 5) is 13.0. The minimum atomic E-state index is -4.66. The van der Waals surface area contributed by atoms with E-state index >= 15 is 0 Å². The van der Waals surface area contributed by atoms with E-state index in [1.807, 2.05) is 43.1 Å². The molecule has 0 amide bonds. The number of rotatable bonds is 11. The summed E-state index contributed by atoms with van der Waals surface area (Å²) >= 11 is 0. The first-order chi connectivity index (χ1) is 20.3. The zero-order valence-electron chi connectivity index (χ0n) is 23.8. The number of alkyl halides is 3. The Kier molecular flexibility index (Phi) is 9.46. The molecule has 0 heterocycles. The third-order valence-corrected chi connectivity index (χ3v) is 8.75. The fraction of sp³-hybridized carbons (Fsp3) is 0.219. The Bertz CT molecular complexity index is 1710. The van der Waals surface area contributed by atoms with Crippen molar-refractivity contribution in [2.24, 2.45) is 0 Å². The van der Waals surface area contributed by atoms with E-state index < -0.39 is 34.3 Å². The average Bonchev–Trinajstić information content (AvgIpc) is 2.95. The highest BCUT2D eigenvalue weighted by atomic mass is 32.2. The maximum absolute atomic E-state index is 13.7. The molecule has 0 saturated heterocycles. The molecule has 0 aliphatic carbocycles. The Morgan fingerprint density at radius 2 is 1.60 bits per heavy atom. The van der Waals surface area contributed by atoms with Crippen molar-refractivity contribution in [3.63, 3.8) is 0 Å². The molecular weight excluding hydrogens is 581 g/mol. The lowest BCUT2D eigenvalue weighted by Crippen LogP contribution is -2.30. The van der Waals surface area contributed by atoms with E-state index in [0.29, 0.717) is 5.56 Å². The molecule has 4 rings (SSSR count). The van der Waals surface area contributed by atoms with Gasteiger partial charge in [0.05, 0.1) is 16.9 Å². The summed E-state index contributed by atoms with van der Waals surface area (Å²) < 4.78 is 75.2. The van der Waals surface area contributed by atoms with Crippen LogP contribution in [0.5, 0.6) is 11.5 Å². The van der Waals surface area contributed by atoms with E-state index in [4.69, 9.17) is 9.84 Å². The Hall–Kier alpha value is -4.35. The number of nitrogens with zero attached hydrogens (tertiary/aromatic N) is 2. The van der Waals surface area contributed by atoms with E-state index in [9.17, 15) is 26.4 Å². The van der Waals surface area contributed by atoms with Crippen molar-refractivity contribution in [2.45, 2.75) is 37.9 Å². The molecular formula is C32H31F3N2O5S. The zero-order chi connectivity index (χ0) is 31.4. The van der Waals surface area contributed by atoms with Crippen LogP contribution in [0.2, 0.25) is 0 Å². The number of aliphatic carboxylic acids is 1. The third kappa shape index (κ3) is 7.74. The molecule has 0 unspecified atom stereocenters. The second-order valence-corrected chi connectivity index (χ2v) is 11.9. The monoisotopic (exact) mass is 612 g/mol. The fourth-order valence-corrected chi connectivity index (χ4v) is 5.96. The Morgan fingerprint density at radius 1 is 0.907 bits per heavy atom. The minimum Gasteiger partial charge on any atom is -0.481 e. The molecule has 4 aromatic rings. The number of carboxylic acid groups (broad SMARTS) is 1. The molecule has 0 radical (unpaired) electrons. The fourth-order valence-electron chi connectivity index (χ4n) is 4.53.